The number of hydrogen-bond donors (Lipinski definition) is 1. The predicted molar refractivity (Wildman–Crippen MR) is 89.1 cm³/mol. The monoisotopic (exact) mass is 364 g/mol. The van der Waals surface area contributed by atoms with E-state index < -0.39 is 5.97 Å². The number of thioether (sulfide) groups is 1. The Hall–Kier alpha value is -1.72. The summed E-state index contributed by atoms with van der Waals surface area (Å²) < 4.78 is 6.54. The minimum absolute atomic E-state index is 0.686. The number of carboxylic acid groups (broad SMARTS) is 1. The van der Waals surface area contributed by atoms with Crippen molar-refractivity contribution in [3.8, 4) is 11.5 Å². The Kier molecular flexibility index (Phi) is 5.47. The van der Waals surface area contributed by atoms with Crippen molar-refractivity contribution in [2.45, 2.75) is 4.90 Å². The number of aliphatic carboxylic acids is 1. The van der Waals surface area contributed by atoms with Gasteiger partial charge in [-0.05, 0) is 54.3 Å². The molecule has 5 heteroatoms. The zero-order valence-corrected chi connectivity index (χ0v) is 13.6. The number of carbonyl (C=O) groups is 1. The predicted octanol–water partition coefficient (Wildman–Crippen LogP) is 5.06. The van der Waals surface area contributed by atoms with E-state index in [1.807, 2.05) is 36.6 Å². The molecule has 108 valence electrons. The van der Waals surface area contributed by atoms with Crippen molar-refractivity contribution >= 4 is 39.7 Å². The van der Waals surface area contributed by atoms with E-state index in [4.69, 9.17) is 9.84 Å². The second-order valence-corrected chi connectivity index (χ2v) is 5.87. The van der Waals surface area contributed by atoms with E-state index in [1.165, 1.54) is 11.0 Å². The average Bonchev–Trinajstić information content (AvgIpc) is 2.47. The first-order valence-electron chi connectivity index (χ1n) is 6.11. The van der Waals surface area contributed by atoms with Crippen LogP contribution in [0.5, 0.6) is 11.5 Å². The molecule has 0 atom stereocenters. The van der Waals surface area contributed by atoms with Gasteiger partial charge >= 0.3 is 5.97 Å². The molecular formula is C16H13BrO3S. The van der Waals surface area contributed by atoms with E-state index in [1.54, 1.807) is 23.9 Å². The normalized spacial score (nSPS) is 10.8. The van der Waals surface area contributed by atoms with Crippen molar-refractivity contribution in [2.75, 3.05) is 6.26 Å². The maximum Gasteiger partial charge on any atom is 0.328 e. The number of benzene rings is 2. The average molecular weight is 365 g/mol. The number of rotatable bonds is 5. The second kappa shape index (κ2) is 7.33. The lowest BCUT2D eigenvalue weighted by molar-refractivity contribution is -0.131. The van der Waals surface area contributed by atoms with E-state index in [-0.39, 0.29) is 0 Å². The number of carboxylic acids is 1. The van der Waals surface area contributed by atoms with Crippen molar-refractivity contribution < 1.29 is 14.6 Å². The molecule has 2 aromatic rings. The van der Waals surface area contributed by atoms with E-state index in [0.29, 0.717) is 5.75 Å². The molecule has 0 spiro atoms. The van der Waals surface area contributed by atoms with Gasteiger partial charge in [0.2, 0.25) is 0 Å². The third kappa shape index (κ3) is 4.65. The molecule has 0 bridgehead atoms. The Morgan fingerprint density at radius 1 is 1.19 bits per heavy atom. The van der Waals surface area contributed by atoms with Crippen LogP contribution in [0.4, 0.5) is 0 Å². The molecule has 0 radical (unpaired) electrons. The molecule has 0 aliphatic heterocycles. The van der Waals surface area contributed by atoms with Gasteiger partial charge in [-0.1, -0.05) is 22.0 Å². The van der Waals surface area contributed by atoms with Gasteiger partial charge < -0.3 is 9.84 Å². The third-order valence-corrected chi connectivity index (χ3v) is 4.10. The smallest absolute Gasteiger partial charge is 0.328 e. The lowest BCUT2D eigenvalue weighted by Crippen LogP contribution is -1.88. The van der Waals surface area contributed by atoms with E-state index in [9.17, 15) is 4.79 Å². The molecule has 2 aromatic carbocycles. The van der Waals surface area contributed by atoms with Crippen LogP contribution < -0.4 is 4.74 Å². The summed E-state index contributed by atoms with van der Waals surface area (Å²) in [5.41, 5.74) is 0.780. The molecule has 0 aromatic heterocycles. The van der Waals surface area contributed by atoms with Crippen LogP contribution in [0.15, 0.2) is 57.9 Å². The lowest BCUT2D eigenvalue weighted by Gasteiger charge is -2.08. The fraction of sp³-hybridized carbons (Fsp3) is 0.0625. The molecule has 0 saturated carbocycles. The highest BCUT2D eigenvalue weighted by atomic mass is 79.9. The molecule has 0 fully saturated rings. The van der Waals surface area contributed by atoms with Crippen LogP contribution in [0.2, 0.25) is 0 Å². The summed E-state index contributed by atoms with van der Waals surface area (Å²) in [4.78, 5) is 11.7. The summed E-state index contributed by atoms with van der Waals surface area (Å²) in [7, 11) is 0. The first kappa shape index (κ1) is 15.7. The number of ether oxygens (including phenoxy) is 1. The van der Waals surface area contributed by atoms with Crippen LogP contribution in [0.25, 0.3) is 6.08 Å². The summed E-state index contributed by atoms with van der Waals surface area (Å²) in [6, 6.07) is 13.2. The quantitative estimate of drug-likeness (QED) is 0.594. The third-order valence-electron chi connectivity index (χ3n) is 2.67. The van der Waals surface area contributed by atoms with Crippen molar-refractivity contribution in [1.82, 2.24) is 0 Å². The lowest BCUT2D eigenvalue weighted by atomic mass is 10.2. The van der Waals surface area contributed by atoms with Crippen LogP contribution in [0.3, 0.4) is 0 Å². The molecule has 2 rings (SSSR count). The Morgan fingerprint density at radius 2 is 1.86 bits per heavy atom. The van der Waals surface area contributed by atoms with Crippen molar-refractivity contribution in [2.24, 2.45) is 0 Å². The Labute approximate surface area is 135 Å². The van der Waals surface area contributed by atoms with Crippen molar-refractivity contribution in [1.29, 1.82) is 0 Å². The highest BCUT2D eigenvalue weighted by Gasteiger charge is 2.02. The Balaban J connectivity index is 2.14. The summed E-state index contributed by atoms with van der Waals surface area (Å²) >= 11 is 5.08. The Bertz CT molecular complexity index is 666. The molecule has 21 heavy (non-hydrogen) atoms. The van der Waals surface area contributed by atoms with Gasteiger partial charge in [-0.25, -0.2) is 4.79 Å². The minimum Gasteiger partial charge on any atom is -0.478 e. The summed E-state index contributed by atoms with van der Waals surface area (Å²) in [5, 5.41) is 8.63. The number of hydrogen-bond acceptors (Lipinski definition) is 3. The molecule has 0 aliphatic rings. The van der Waals surface area contributed by atoms with Crippen LogP contribution >= 0.6 is 27.7 Å². The highest BCUT2D eigenvalue weighted by Crippen LogP contribution is 2.28. The number of halogens is 1. The van der Waals surface area contributed by atoms with Crippen LogP contribution in [-0.2, 0) is 4.79 Å². The zero-order valence-electron chi connectivity index (χ0n) is 11.2. The second-order valence-electron chi connectivity index (χ2n) is 4.13. The van der Waals surface area contributed by atoms with Gasteiger partial charge in [0, 0.05) is 15.4 Å². The molecule has 0 saturated heterocycles. The molecular weight excluding hydrogens is 352 g/mol. The minimum atomic E-state index is -0.976. The van der Waals surface area contributed by atoms with Gasteiger partial charge in [0.1, 0.15) is 11.5 Å². The summed E-state index contributed by atoms with van der Waals surface area (Å²) in [6.07, 6.45) is 4.65. The van der Waals surface area contributed by atoms with Gasteiger partial charge in [-0.15, -0.1) is 11.8 Å². The largest absolute Gasteiger partial charge is 0.478 e. The molecule has 0 amide bonds. The van der Waals surface area contributed by atoms with Crippen LogP contribution in [0.1, 0.15) is 5.56 Å². The van der Waals surface area contributed by atoms with E-state index >= 15 is 0 Å². The van der Waals surface area contributed by atoms with Gasteiger partial charge in [0.05, 0.1) is 0 Å². The molecule has 1 N–H and O–H groups in total. The first-order valence-corrected chi connectivity index (χ1v) is 8.13. The van der Waals surface area contributed by atoms with Crippen molar-refractivity contribution in [3.63, 3.8) is 0 Å². The van der Waals surface area contributed by atoms with E-state index in [2.05, 4.69) is 15.9 Å². The summed E-state index contributed by atoms with van der Waals surface area (Å²) in [5.74, 6) is 0.468. The van der Waals surface area contributed by atoms with Crippen LogP contribution in [-0.4, -0.2) is 17.3 Å². The molecule has 3 nitrogen and oxygen atoms in total. The first-order chi connectivity index (χ1) is 10.1. The molecule has 0 unspecified atom stereocenters. The van der Waals surface area contributed by atoms with Crippen molar-refractivity contribution in [3.05, 3.63) is 58.6 Å². The standard InChI is InChI=1S/C16H13BrO3S/c1-21-14-7-5-12(6-8-14)20-13-4-2-11(15(17)10-13)3-9-16(18)19/h2-10H,1H3,(H,18,19)/b9-3+. The Morgan fingerprint density at radius 3 is 2.43 bits per heavy atom. The van der Waals surface area contributed by atoms with Gasteiger partial charge in [0.15, 0.2) is 0 Å². The molecule has 0 aliphatic carbocycles. The van der Waals surface area contributed by atoms with Gasteiger partial charge in [-0.2, -0.15) is 0 Å². The summed E-state index contributed by atoms with van der Waals surface area (Å²) in [6.45, 7) is 0. The fourth-order valence-corrected chi connectivity index (χ4v) is 2.55. The SMILES string of the molecule is CSc1ccc(Oc2ccc(/C=C/C(=O)O)c(Br)c2)cc1. The van der Waals surface area contributed by atoms with Gasteiger partial charge in [-0.3, -0.25) is 0 Å². The van der Waals surface area contributed by atoms with Crippen LogP contribution in [0, 0.1) is 0 Å². The van der Waals surface area contributed by atoms with Gasteiger partial charge in [0.25, 0.3) is 0 Å². The maximum absolute atomic E-state index is 10.5. The molecule has 0 heterocycles. The topological polar surface area (TPSA) is 46.5 Å². The highest BCUT2D eigenvalue weighted by molar-refractivity contribution is 9.10. The maximum atomic E-state index is 10.5. The van der Waals surface area contributed by atoms with E-state index in [0.717, 1.165) is 21.9 Å². The zero-order chi connectivity index (χ0) is 15.2. The fourth-order valence-electron chi connectivity index (χ4n) is 1.65.